The van der Waals surface area contributed by atoms with E-state index >= 15 is 0 Å². The molecule has 1 heterocycles. The first kappa shape index (κ1) is 15.7. The number of carboxylic acids is 1. The van der Waals surface area contributed by atoms with Gasteiger partial charge in [-0.05, 0) is 17.4 Å². The number of aliphatic carboxylic acids is 1. The molecule has 5 heteroatoms. The fourth-order valence-corrected chi connectivity index (χ4v) is 2.68. The highest BCUT2D eigenvalue weighted by Gasteiger charge is 2.23. The minimum atomic E-state index is -0.862. The lowest BCUT2D eigenvalue weighted by atomic mass is 9.91. The van der Waals surface area contributed by atoms with Crippen molar-refractivity contribution in [2.75, 3.05) is 6.54 Å². The molecule has 0 aliphatic rings. The van der Waals surface area contributed by atoms with Gasteiger partial charge in [-0.25, -0.2) is 0 Å². The Morgan fingerprint density at radius 1 is 1.42 bits per heavy atom. The van der Waals surface area contributed by atoms with Gasteiger partial charge < -0.3 is 10.4 Å². The van der Waals surface area contributed by atoms with Gasteiger partial charge in [0.1, 0.15) is 0 Å². The summed E-state index contributed by atoms with van der Waals surface area (Å²) in [4.78, 5) is 23.5. The predicted molar refractivity (Wildman–Crippen MR) is 76.4 cm³/mol. The van der Waals surface area contributed by atoms with Gasteiger partial charge >= 0.3 is 5.97 Å². The van der Waals surface area contributed by atoms with Crippen molar-refractivity contribution in [3.8, 4) is 0 Å². The zero-order valence-corrected chi connectivity index (χ0v) is 12.4. The molecule has 19 heavy (non-hydrogen) atoms. The maximum atomic E-state index is 11.8. The van der Waals surface area contributed by atoms with Gasteiger partial charge in [-0.1, -0.05) is 26.8 Å². The van der Waals surface area contributed by atoms with Crippen LogP contribution in [0.25, 0.3) is 0 Å². The Balaban J connectivity index is 2.40. The fourth-order valence-electron chi connectivity index (χ4n) is 1.83. The van der Waals surface area contributed by atoms with E-state index in [-0.39, 0.29) is 30.1 Å². The Labute approximate surface area is 117 Å². The van der Waals surface area contributed by atoms with Crippen molar-refractivity contribution >= 4 is 23.2 Å². The van der Waals surface area contributed by atoms with Crippen molar-refractivity contribution in [1.82, 2.24) is 5.32 Å². The van der Waals surface area contributed by atoms with Crippen LogP contribution in [0.2, 0.25) is 0 Å². The molecular weight excluding hydrogens is 262 g/mol. The lowest BCUT2D eigenvalue weighted by Gasteiger charge is -2.24. The van der Waals surface area contributed by atoms with E-state index in [9.17, 15) is 9.59 Å². The summed E-state index contributed by atoms with van der Waals surface area (Å²) in [7, 11) is 0. The van der Waals surface area contributed by atoms with Crippen LogP contribution >= 0.6 is 11.3 Å². The van der Waals surface area contributed by atoms with Crippen LogP contribution in [0.3, 0.4) is 0 Å². The molecule has 0 spiro atoms. The molecule has 1 unspecified atom stereocenters. The molecule has 1 rings (SSSR count). The van der Waals surface area contributed by atoms with Crippen LogP contribution in [-0.2, 0) is 15.0 Å². The van der Waals surface area contributed by atoms with Crippen molar-refractivity contribution in [1.29, 1.82) is 0 Å². The first-order valence-corrected chi connectivity index (χ1v) is 7.21. The second-order valence-corrected chi connectivity index (χ2v) is 6.49. The summed E-state index contributed by atoms with van der Waals surface area (Å²) in [5, 5.41) is 13.6. The molecule has 1 aromatic rings. The Morgan fingerprint density at radius 3 is 2.63 bits per heavy atom. The van der Waals surface area contributed by atoms with E-state index in [0.29, 0.717) is 6.54 Å². The summed E-state index contributed by atoms with van der Waals surface area (Å²) in [5.41, 5.74) is -0.0974. The molecule has 0 fully saturated rings. The van der Waals surface area contributed by atoms with Crippen LogP contribution in [0.15, 0.2) is 17.5 Å². The maximum Gasteiger partial charge on any atom is 0.303 e. The summed E-state index contributed by atoms with van der Waals surface area (Å²) in [6.07, 6.45) is 0.286. The predicted octanol–water partition coefficient (Wildman–Crippen LogP) is 2.64. The van der Waals surface area contributed by atoms with Gasteiger partial charge in [0.05, 0.1) is 0 Å². The third kappa shape index (κ3) is 5.42. The van der Waals surface area contributed by atoms with Crippen LogP contribution in [0.5, 0.6) is 0 Å². The molecule has 2 N–H and O–H groups in total. The van der Waals surface area contributed by atoms with E-state index in [1.807, 2.05) is 11.4 Å². The molecule has 0 aliphatic carbocycles. The van der Waals surface area contributed by atoms with Crippen LogP contribution < -0.4 is 5.32 Å². The molecular formula is C14H21NO3S. The van der Waals surface area contributed by atoms with Crippen LogP contribution in [0, 0.1) is 5.92 Å². The molecule has 0 aromatic carbocycles. The number of thiophene rings is 1. The van der Waals surface area contributed by atoms with Gasteiger partial charge in [0.15, 0.2) is 0 Å². The lowest BCUT2D eigenvalue weighted by molar-refractivity contribution is -0.138. The maximum absolute atomic E-state index is 11.8. The van der Waals surface area contributed by atoms with Gasteiger partial charge in [0.2, 0.25) is 5.91 Å². The average Bonchev–Trinajstić information content (AvgIpc) is 2.79. The van der Waals surface area contributed by atoms with E-state index in [0.717, 1.165) is 0 Å². The molecule has 106 valence electrons. The molecule has 1 atom stereocenters. The number of carboxylic acid groups (broad SMARTS) is 1. The number of carbonyl (C=O) groups is 2. The fraction of sp³-hybridized carbons (Fsp3) is 0.571. The normalized spacial score (nSPS) is 13.0. The molecule has 1 amide bonds. The molecule has 0 aliphatic heterocycles. The van der Waals surface area contributed by atoms with Gasteiger partial charge in [-0.2, -0.15) is 0 Å². The van der Waals surface area contributed by atoms with Crippen molar-refractivity contribution in [3.05, 3.63) is 22.4 Å². The van der Waals surface area contributed by atoms with Gasteiger partial charge in [-0.15, -0.1) is 11.3 Å². The summed E-state index contributed by atoms with van der Waals surface area (Å²) < 4.78 is 0. The third-order valence-corrected chi connectivity index (χ3v) is 4.21. The summed E-state index contributed by atoms with van der Waals surface area (Å²) in [6.45, 7) is 6.50. The first-order chi connectivity index (χ1) is 8.81. The van der Waals surface area contributed by atoms with Gasteiger partial charge in [-0.3, -0.25) is 9.59 Å². The molecule has 0 saturated heterocycles. The van der Waals surface area contributed by atoms with Crippen LogP contribution in [0.4, 0.5) is 0 Å². The van der Waals surface area contributed by atoms with Crippen LogP contribution in [-0.4, -0.2) is 23.5 Å². The second kappa shape index (κ2) is 6.70. The third-order valence-electron chi connectivity index (χ3n) is 2.97. The Bertz CT molecular complexity index is 426. The molecule has 0 bridgehead atoms. The summed E-state index contributed by atoms with van der Waals surface area (Å²) >= 11 is 1.67. The minimum Gasteiger partial charge on any atom is -0.481 e. The first-order valence-electron chi connectivity index (χ1n) is 6.34. The Hall–Kier alpha value is -1.36. The molecule has 4 nitrogen and oxygen atoms in total. The van der Waals surface area contributed by atoms with E-state index in [1.165, 1.54) is 4.88 Å². The number of nitrogens with one attached hydrogen (secondary N) is 1. The van der Waals surface area contributed by atoms with Crippen molar-refractivity contribution < 1.29 is 14.7 Å². The Kier molecular flexibility index (Phi) is 5.54. The lowest BCUT2D eigenvalue weighted by Crippen LogP contribution is -2.36. The minimum absolute atomic E-state index is 0.0295. The monoisotopic (exact) mass is 283 g/mol. The van der Waals surface area contributed by atoms with Gasteiger partial charge in [0.25, 0.3) is 0 Å². The number of carbonyl (C=O) groups excluding carboxylic acids is 1. The smallest absolute Gasteiger partial charge is 0.303 e. The average molecular weight is 283 g/mol. The topological polar surface area (TPSA) is 66.4 Å². The molecule has 0 saturated carbocycles. The van der Waals surface area contributed by atoms with Gasteiger partial charge in [0, 0.05) is 29.7 Å². The van der Waals surface area contributed by atoms with Crippen molar-refractivity contribution in [2.24, 2.45) is 5.92 Å². The highest BCUT2D eigenvalue weighted by Crippen LogP contribution is 2.26. The largest absolute Gasteiger partial charge is 0.481 e. The van der Waals surface area contributed by atoms with E-state index in [2.05, 4.69) is 25.2 Å². The second-order valence-electron chi connectivity index (χ2n) is 5.55. The quantitative estimate of drug-likeness (QED) is 0.808. The Morgan fingerprint density at radius 2 is 2.11 bits per heavy atom. The number of hydrogen-bond donors (Lipinski definition) is 2. The summed E-state index contributed by atoms with van der Waals surface area (Å²) in [5.74, 6) is -1.08. The highest BCUT2D eigenvalue weighted by atomic mass is 32.1. The van der Waals surface area contributed by atoms with E-state index in [1.54, 1.807) is 18.3 Å². The number of rotatable bonds is 7. The number of amides is 1. The van der Waals surface area contributed by atoms with E-state index in [4.69, 9.17) is 5.11 Å². The summed E-state index contributed by atoms with van der Waals surface area (Å²) in [6, 6.07) is 4.06. The zero-order chi connectivity index (χ0) is 14.5. The standard InChI is InChI=1S/C14H21NO3S/c1-10(8-13(17)18)7-12(16)15-9-14(2,3)11-5-4-6-19-11/h4-6,10H,7-9H2,1-3H3,(H,15,16)(H,17,18). The van der Waals surface area contributed by atoms with Crippen molar-refractivity contribution in [3.63, 3.8) is 0 Å². The zero-order valence-electron chi connectivity index (χ0n) is 11.6. The molecule has 1 aromatic heterocycles. The number of hydrogen-bond acceptors (Lipinski definition) is 3. The van der Waals surface area contributed by atoms with E-state index < -0.39 is 5.97 Å². The molecule has 0 radical (unpaired) electrons. The van der Waals surface area contributed by atoms with Crippen molar-refractivity contribution in [2.45, 2.75) is 39.0 Å². The SMILES string of the molecule is CC(CC(=O)O)CC(=O)NCC(C)(C)c1cccs1. The van der Waals surface area contributed by atoms with Crippen LogP contribution in [0.1, 0.15) is 38.5 Å². The highest BCUT2D eigenvalue weighted by molar-refractivity contribution is 7.10.